The fourth-order valence-corrected chi connectivity index (χ4v) is 3.49. The molecule has 0 bridgehead atoms. The summed E-state index contributed by atoms with van der Waals surface area (Å²) in [5.74, 6) is -5.26. The molecule has 0 aliphatic heterocycles. The molecule has 13 nitrogen and oxygen atoms in total. The van der Waals surface area contributed by atoms with E-state index in [9.17, 15) is 29.1 Å². The minimum Gasteiger partial charge on any atom is -0.481 e. The first-order valence-electron chi connectivity index (χ1n) is 11.6. The Morgan fingerprint density at radius 2 is 1.57 bits per heavy atom. The predicted molar refractivity (Wildman–Crippen MR) is 131 cm³/mol. The van der Waals surface area contributed by atoms with Gasteiger partial charge in [-0.15, -0.1) is 0 Å². The molecule has 0 saturated carbocycles. The lowest BCUT2D eigenvalue weighted by molar-refractivity contribution is -0.142. The number of amides is 3. The van der Waals surface area contributed by atoms with Gasteiger partial charge >= 0.3 is 11.9 Å². The number of benzene rings is 1. The summed E-state index contributed by atoms with van der Waals surface area (Å²) in [6.45, 7) is 3.34. The highest BCUT2D eigenvalue weighted by molar-refractivity contribution is 5.95. The summed E-state index contributed by atoms with van der Waals surface area (Å²) in [6, 6.07) is 3.79. The molecular formula is C24H32N6O7. The van der Waals surface area contributed by atoms with Crippen LogP contribution in [0.5, 0.6) is 0 Å². The van der Waals surface area contributed by atoms with Gasteiger partial charge in [0.2, 0.25) is 17.7 Å². The number of aromatic amines is 1. The lowest BCUT2D eigenvalue weighted by Gasteiger charge is -2.27. The van der Waals surface area contributed by atoms with Gasteiger partial charge in [-0.1, -0.05) is 44.2 Å². The summed E-state index contributed by atoms with van der Waals surface area (Å²) in [7, 11) is 0. The first-order valence-corrected chi connectivity index (χ1v) is 11.6. The lowest BCUT2D eigenvalue weighted by Crippen LogP contribution is -2.59. The molecule has 2 rings (SSSR count). The Hall–Kier alpha value is -4.26. The number of aliphatic carboxylic acids is 2. The van der Waals surface area contributed by atoms with Crippen LogP contribution in [0.3, 0.4) is 0 Å². The van der Waals surface area contributed by atoms with Crippen molar-refractivity contribution in [2.45, 2.75) is 57.3 Å². The normalized spacial score (nSPS) is 14.2. The Labute approximate surface area is 213 Å². The van der Waals surface area contributed by atoms with Gasteiger partial charge in [0, 0.05) is 24.7 Å². The van der Waals surface area contributed by atoms with Crippen molar-refractivity contribution in [1.82, 2.24) is 25.9 Å². The quantitative estimate of drug-likeness (QED) is 0.167. The van der Waals surface area contributed by atoms with Crippen LogP contribution in [0, 0.1) is 5.92 Å². The summed E-state index contributed by atoms with van der Waals surface area (Å²) in [5.41, 5.74) is 6.82. The van der Waals surface area contributed by atoms with Gasteiger partial charge in [-0.3, -0.25) is 19.2 Å². The molecule has 4 unspecified atom stereocenters. The molecule has 200 valence electrons. The zero-order valence-electron chi connectivity index (χ0n) is 20.5. The molecule has 1 aromatic carbocycles. The number of hydrogen-bond donors (Lipinski definition) is 7. The van der Waals surface area contributed by atoms with Gasteiger partial charge in [-0.25, -0.2) is 9.78 Å². The van der Waals surface area contributed by atoms with Gasteiger partial charge in [0.05, 0.1) is 18.8 Å². The summed E-state index contributed by atoms with van der Waals surface area (Å²) in [5, 5.41) is 26.0. The van der Waals surface area contributed by atoms with E-state index in [1.165, 1.54) is 12.5 Å². The first-order chi connectivity index (χ1) is 17.5. The molecule has 4 atom stereocenters. The number of rotatable bonds is 14. The lowest BCUT2D eigenvalue weighted by atomic mass is 10.0. The second-order valence-electron chi connectivity index (χ2n) is 8.87. The molecule has 1 heterocycles. The third-order valence-electron chi connectivity index (χ3n) is 5.49. The Morgan fingerprint density at radius 3 is 2.11 bits per heavy atom. The van der Waals surface area contributed by atoms with Crippen LogP contribution in [-0.4, -0.2) is 74.0 Å². The minimum atomic E-state index is -1.40. The molecule has 0 aliphatic rings. The van der Waals surface area contributed by atoms with Crippen LogP contribution >= 0.6 is 0 Å². The van der Waals surface area contributed by atoms with E-state index in [1.807, 2.05) is 0 Å². The molecule has 13 heteroatoms. The largest absolute Gasteiger partial charge is 0.481 e. The van der Waals surface area contributed by atoms with E-state index >= 15 is 0 Å². The van der Waals surface area contributed by atoms with Crippen LogP contribution in [0.15, 0.2) is 42.9 Å². The van der Waals surface area contributed by atoms with Gasteiger partial charge in [0.15, 0.2) is 0 Å². The van der Waals surface area contributed by atoms with Gasteiger partial charge in [-0.05, 0) is 11.5 Å². The highest BCUT2D eigenvalue weighted by Gasteiger charge is 2.32. The fraction of sp³-hybridized carbons (Fsp3) is 0.417. The Balaban J connectivity index is 2.16. The van der Waals surface area contributed by atoms with Crippen LogP contribution in [0.25, 0.3) is 0 Å². The van der Waals surface area contributed by atoms with E-state index in [0.29, 0.717) is 11.3 Å². The van der Waals surface area contributed by atoms with Gasteiger partial charge in [0.25, 0.3) is 0 Å². The fourth-order valence-electron chi connectivity index (χ4n) is 3.49. The van der Waals surface area contributed by atoms with E-state index < -0.39 is 66.2 Å². The molecule has 0 saturated heterocycles. The van der Waals surface area contributed by atoms with Gasteiger partial charge < -0.3 is 36.9 Å². The number of carboxylic acid groups (broad SMARTS) is 2. The number of nitrogens with two attached hydrogens (primary N) is 1. The first kappa shape index (κ1) is 29.0. The molecule has 3 amide bonds. The molecular weight excluding hydrogens is 484 g/mol. The van der Waals surface area contributed by atoms with Gasteiger partial charge in [-0.2, -0.15) is 0 Å². The van der Waals surface area contributed by atoms with E-state index in [-0.39, 0.29) is 12.8 Å². The topological polar surface area (TPSA) is 217 Å². The van der Waals surface area contributed by atoms with Crippen molar-refractivity contribution >= 4 is 29.7 Å². The van der Waals surface area contributed by atoms with E-state index in [1.54, 1.807) is 44.2 Å². The third-order valence-corrected chi connectivity index (χ3v) is 5.49. The van der Waals surface area contributed by atoms with Crippen molar-refractivity contribution in [2.24, 2.45) is 11.7 Å². The Morgan fingerprint density at radius 1 is 0.919 bits per heavy atom. The summed E-state index contributed by atoms with van der Waals surface area (Å²) in [6.07, 6.45) is 2.18. The molecule has 0 aliphatic carbocycles. The van der Waals surface area contributed by atoms with Crippen molar-refractivity contribution in [3.63, 3.8) is 0 Å². The molecule has 2 aromatic rings. The smallest absolute Gasteiger partial charge is 0.326 e. The molecule has 8 N–H and O–H groups in total. The van der Waals surface area contributed by atoms with Crippen LogP contribution in [0.4, 0.5) is 0 Å². The average molecular weight is 517 g/mol. The summed E-state index contributed by atoms with van der Waals surface area (Å²) >= 11 is 0. The van der Waals surface area contributed by atoms with Crippen molar-refractivity contribution in [3.8, 4) is 0 Å². The van der Waals surface area contributed by atoms with Crippen molar-refractivity contribution in [3.05, 3.63) is 54.1 Å². The van der Waals surface area contributed by atoms with Crippen molar-refractivity contribution in [1.29, 1.82) is 0 Å². The van der Waals surface area contributed by atoms with E-state index in [4.69, 9.17) is 10.8 Å². The number of carbonyl (C=O) groups is 5. The van der Waals surface area contributed by atoms with Crippen molar-refractivity contribution < 1.29 is 34.2 Å². The van der Waals surface area contributed by atoms with Crippen LogP contribution in [0.2, 0.25) is 0 Å². The van der Waals surface area contributed by atoms with E-state index in [2.05, 4.69) is 25.9 Å². The number of carbonyl (C=O) groups excluding carboxylic acids is 3. The van der Waals surface area contributed by atoms with Crippen molar-refractivity contribution in [2.75, 3.05) is 0 Å². The second kappa shape index (κ2) is 13.7. The number of nitrogens with one attached hydrogen (secondary N) is 4. The van der Waals surface area contributed by atoms with Crippen LogP contribution in [0.1, 0.15) is 31.5 Å². The number of H-pyrrole nitrogens is 1. The standard InChI is InChI=1S/C24H32N6O7/c1-13(2)20(23(35)29-18(24(36)37)8-14-6-4-3-5-7-14)30-22(34)17(9-15-11-26-12-27-15)28-21(33)16(25)10-19(31)32/h3-7,11-13,16-18,20H,8-10,25H2,1-2H3,(H,26,27)(H,28,33)(H,29,35)(H,30,34)(H,31,32)(H,36,37). The summed E-state index contributed by atoms with van der Waals surface area (Å²) < 4.78 is 0. The number of imidazole rings is 1. The average Bonchev–Trinajstić information content (AvgIpc) is 3.34. The Kier molecular flexibility index (Phi) is 10.8. The highest BCUT2D eigenvalue weighted by Crippen LogP contribution is 2.08. The maximum absolute atomic E-state index is 13.2. The summed E-state index contributed by atoms with van der Waals surface area (Å²) in [4.78, 5) is 68.0. The molecule has 0 radical (unpaired) electrons. The van der Waals surface area contributed by atoms with Crippen LogP contribution < -0.4 is 21.7 Å². The number of nitrogens with zero attached hydrogens (tertiary/aromatic N) is 1. The number of hydrogen-bond acceptors (Lipinski definition) is 7. The molecule has 37 heavy (non-hydrogen) atoms. The van der Waals surface area contributed by atoms with Crippen LogP contribution in [-0.2, 0) is 36.8 Å². The SMILES string of the molecule is CC(C)C(NC(=O)C(Cc1cnc[nH]1)NC(=O)C(N)CC(=O)O)C(=O)NC(Cc1ccccc1)C(=O)O. The number of carboxylic acids is 2. The zero-order valence-corrected chi connectivity index (χ0v) is 20.5. The Bertz CT molecular complexity index is 1070. The monoisotopic (exact) mass is 516 g/mol. The maximum atomic E-state index is 13.2. The third kappa shape index (κ3) is 9.37. The number of aromatic nitrogens is 2. The van der Waals surface area contributed by atoms with Gasteiger partial charge in [0.1, 0.15) is 18.1 Å². The van der Waals surface area contributed by atoms with E-state index in [0.717, 1.165) is 0 Å². The maximum Gasteiger partial charge on any atom is 0.326 e. The molecule has 1 aromatic heterocycles. The zero-order chi connectivity index (χ0) is 27.5. The predicted octanol–water partition coefficient (Wildman–Crippen LogP) is -0.808. The molecule has 0 spiro atoms. The highest BCUT2D eigenvalue weighted by atomic mass is 16.4. The molecule has 0 fully saturated rings. The second-order valence-corrected chi connectivity index (χ2v) is 8.87. The minimum absolute atomic E-state index is 0.0423.